The fraction of sp³-hybridized carbons (Fsp3) is 0.647. The van der Waals surface area contributed by atoms with Gasteiger partial charge in [-0.05, 0) is 35.4 Å². The number of nitrogens with two attached hydrogens (primary N) is 1. The van der Waals surface area contributed by atoms with Gasteiger partial charge >= 0.3 is 0 Å². The normalized spacial score (nSPS) is 18.4. The van der Waals surface area contributed by atoms with Gasteiger partial charge in [-0.15, -0.1) is 0 Å². The Hall–Kier alpha value is -0.860. The number of ether oxygens (including phenoxy) is 1. The fourth-order valence-electron chi connectivity index (χ4n) is 2.93. The van der Waals surface area contributed by atoms with Gasteiger partial charge in [0.2, 0.25) is 0 Å². The Morgan fingerprint density at radius 3 is 2.16 bits per heavy atom. The molecule has 1 fully saturated rings. The van der Waals surface area contributed by atoms with Crippen LogP contribution >= 0.6 is 0 Å². The molecule has 2 rings (SSSR count). The average Bonchev–Trinajstić information content (AvgIpc) is 2.34. The standard InChI is InChI=1S/C17H27NO/c1-13(2)14-5-7-15(8-6-14)17(11-19-12-17)9-16(3,4)10-18/h5-8,13H,9-12,18H2,1-4H3. The minimum Gasteiger partial charge on any atom is -0.379 e. The molecule has 0 unspecified atom stereocenters. The molecule has 0 aliphatic carbocycles. The molecule has 1 aliphatic rings. The average molecular weight is 261 g/mol. The van der Waals surface area contributed by atoms with Crippen LogP contribution in [0.1, 0.15) is 51.2 Å². The second-order valence-corrected chi connectivity index (χ2v) is 7.09. The maximum Gasteiger partial charge on any atom is 0.0585 e. The molecule has 0 aromatic heterocycles. The van der Waals surface area contributed by atoms with Crippen molar-refractivity contribution in [2.45, 2.75) is 45.4 Å². The van der Waals surface area contributed by atoms with Gasteiger partial charge in [-0.25, -0.2) is 0 Å². The van der Waals surface area contributed by atoms with Crippen LogP contribution in [0.3, 0.4) is 0 Å². The lowest BCUT2D eigenvalue weighted by molar-refractivity contribution is -0.0786. The molecule has 0 saturated carbocycles. The van der Waals surface area contributed by atoms with E-state index in [1.54, 1.807) is 0 Å². The highest BCUT2D eigenvalue weighted by Crippen LogP contribution is 2.42. The van der Waals surface area contributed by atoms with E-state index in [9.17, 15) is 0 Å². The molecule has 2 nitrogen and oxygen atoms in total. The van der Waals surface area contributed by atoms with Gasteiger partial charge in [0.15, 0.2) is 0 Å². The highest BCUT2D eigenvalue weighted by Gasteiger charge is 2.43. The molecule has 1 aromatic carbocycles. The first-order valence-corrected chi connectivity index (χ1v) is 7.27. The Morgan fingerprint density at radius 1 is 1.21 bits per heavy atom. The Kier molecular flexibility index (Phi) is 4.03. The molecule has 1 aromatic rings. The van der Waals surface area contributed by atoms with Crippen LogP contribution in [0.2, 0.25) is 0 Å². The Morgan fingerprint density at radius 2 is 1.79 bits per heavy atom. The van der Waals surface area contributed by atoms with E-state index in [2.05, 4.69) is 52.0 Å². The van der Waals surface area contributed by atoms with Gasteiger partial charge in [0.1, 0.15) is 0 Å². The lowest BCUT2D eigenvalue weighted by Gasteiger charge is -2.46. The summed E-state index contributed by atoms with van der Waals surface area (Å²) in [5.41, 5.74) is 9.05. The van der Waals surface area contributed by atoms with Crippen LogP contribution in [0.5, 0.6) is 0 Å². The van der Waals surface area contributed by atoms with Crippen molar-refractivity contribution >= 4 is 0 Å². The number of rotatable bonds is 5. The number of hydrogen-bond donors (Lipinski definition) is 1. The van der Waals surface area contributed by atoms with Crippen LogP contribution in [0.15, 0.2) is 24.3 Å². The second-order valence-electron chi connectivity index (χ2n) is 7.09. The summed E-state index contributed by atoms with van der Waals surface area (Å²) in [6.45, 7) is 11.3. The van der Waals surface area contributed by atoms with E-state index in [4.69, 9.17) is 10.5 Å². The van der Waals surface area contributed by atoms with E-state index in [0.29, 0.717) is 5.92 Å². The van der Waals surface area contributed by atoms with Crippen LogP contribution in [0.4, 0.5) is 0 Å². The van der Waals surface area contributed by atoms with Crippen molar-refractivity contribution < 1.29 is 4.74 Å². The number of benzene rings is 1. The van der Waals surface area contributed by atoms with Gasteiger partial charge in [-0.2, -0.15) is 0 Å². The zero-order valence-electron chi connectivity index (χ0n) is 12.7. The minimum atomic E-state index is 0.167. The molecule has 0 spiro atoms. The smallest absolute Gasteiger partial charge is 0.0585 e. The van der Waals surface area contributed by atoms with E-state index in [0.717, 1.165) is 26.2 Å². The lowest BCUT2D eigenvalue weighted by Crippen LogP contribution is -2.50. The summed E-state index contributed by atoms with van der Waals surface area (Å²) in [6, 6.07) is 9.08. The third kappa shape index (κ3) is 3.01. The van der Waals surface area contributed by atoms with Crippen molar-refractivity contribution in [3.8, 4) is 0 Å². The van der Waals surface area contributed by atoms with E-state index in [1.807, 2.05) is 0 Å². The zero-order valence-corrected chi connectivity index (χ0v) is 12.7. The molecular weight excluding hydrogens is 234 g/mol. The van der Waals surface area contributed by atoms with Crippen LogP contribution < -0.4 is 5.73 Å². The van der Waals surface area contributed by atoms with Crippen molar-refractivity contribution in [1.82, 2.24) is 0 Å². The first kappa shape index (κ1) is 14.5. The molecule has 1 saturated heterocycles. The lowest BCUT2D eigenvalue weighted by atomic mass is 9.67. The quantitative estimate of drug-likeness (QED) is 0.881. The van der Waals surface area contributed by atoms with Crippen LogP contribution in [0, 0.1) is 5.41 Å². The first-order chi connectivity index (χ1) is 8.88. The topological polar surface area (TPSA) is 35.2 Å². The summed E-state index contributed by atoms with van der Waals surface area (Å²) in [6.07, 6.45) is 1.09. The summed E-state index contributed by atoms with van der Waals surface area (Å²) < 4.78 is 5.52. The molecule has 106 valence electrons. The largest absolute Gasteiger partial charge is 0.379 e. The molecule has 0 bridgehead atoms. The molecule has 1 aliphatic heterocycles. The van der Waals surface area contributed by atoms with E-state index in [-0.39, 0.29) is 10.8 Å². The Labute approximate surface area is 117 Å². The van der Waals surface area contributed by atoms with Crippen LogP contribution in [0.25, 0.3) is 0 Å². The van der Waals surface area contributed by atoms with Crippen LogP contribution in [-0.2, 0) is 10.2 Å². The summed E-state index contributed by atoms with van der Waals surface area (Å²) in [7, 11) is 0. The highest BCUT2D eigenvalue weighted by molar-refractivity contribution is 5.32. The van der Waals surface area contributed by atoms with E-state index < -0.39 is 0 Å². The van der Waals surface area contributed by atoms with Crippen LogP contribution in [-0.4, -0.2) is 19.8 Å². The highest BCUT2D eigenvalue weighted by atomic mass is 16.5. The Bertz CT molecular complexity index is 415. The summed E-state index contributed by atoms with van der Waals surface area (Å²) in [4.78, 5) is 0. The van der Waals surface area contributed by atoms with E-state index in [1.165, 1.54) is 11.1 Å². The third-order valence-electron chi connectivity index (χ3n) is 4.32. The number of hydrogen-bond acceptors (Lipinski definition) is 2. The molecule has 19 heavy (non-hydrogen) atoms. The molecule has 2 heteroatoms. The molecule has 0 amide bonds. The molecule has 0 atom stereocenters. The summed E-state index contributed by atoms with van der Waals surface area (Å²) in [5.74, 6) is 0.586. The zero-order chi connectivity index (χ0) is 14.1. The maximum atomic E-state index is 5.89. The molecule has 1 heterocycles. The minimum absolute atomic E-state index is 0.167. The van der Waals surface area contributed by atoms with Gasteiger partial charge in [-0.3, -0.25) is 0 Å². The third-order valence-corrected chi connectivity index (χ3v) is 4.32. The van der Waals surface area contributed by atoms with Gasteiger partial charge in [0.05, 0.1) is 13.2 Å². The molecular formula is C17H27NO. The van der Waals surface area contributed by atoms with Crippen molar-refractivity contribution in [3.63, 3.8) is 0 Å². The van der Waals surface area contributed by atoms with Crippen molar-refractivity contribution in [2.75, 3.05) is 19.8 Å². The second kappa shape index (κ2) is 5.26. The summed E-state index contributed by atoms with van der Waals surface area (Å²) in [5, 5.41) is 0. The first-order valence-electron chi connectivity index (χ1n) is 7.27. The fourth-order valence-corrected chi connectivity index (χ4v) is 2.93. The summed E-state index contributed by atoms with van der Waals surface area (Å²) >= 11 is 0. The monoisotopic (exact) mass is 261 g/mol. The molecule has 2 N–H and O–H groups in total. The van der Waals surface area contributed by atoms with Gasteiger partial charge in [0.25, 0.3) is 0 Å². The Balaban J connectivity index is 2.21. The van der Waals surface area contributed by atoms with Crippen molar-refractivity contribution in [2.24, 2.45) is 11.1 Å². The maximum absolute atomic E-state index is 5.89. The van der Waals surface area contributed by atoms with E-state index >= 15 is 0 Å². The van der Waals surface area contributed by atoms with Crippen molar-refractivity contribution in [1.29, 1.82) is 0 Å². The predicted octanol–water partition coefficient (Wildman–Crippen LogP) is 3.45. The van der Waals surface area contributed by atoms with Gasteiger partial charge in [-0.1, -0.05) is 52.0 Å². The SMILES string of the molecule is CC(C)c1ccc(C2(CC(C)(C)CN)COC2)cc1. The van der Waals surface area contributed by atoms with Gasteiger partial charge in [0, 0.05) is 5.41 Å². The predicted molar refractivity (Wildman–Crippen MR) is 80.5 cm³/mol. The van der Waals surface area contributed by atoms with Gasteiger partial charge < -0.3 is 10.5 Å². The van der Waals surface area contributed by atoms with Crippen molar-refractivity contribution in [3.05, 3.63) is 35.4 Å². The molecule has 0 radical (unpaired) electrons.